The van der Waals surface area contributed by atoms with Crippen molar-refractivity contribution in [1.29, 1.82) is 0 Å². The summed E-state index contributed by atoms with van der Waals surface area (Å²) >= 11 is 1.53. The zero-order valence-corrected chi connectivity index (χ0v) is 10.8. The van der Waals surface area contributed by atoms with E-state index in [9.17, 15) is 4.79 Å². The maximum absolute atomic E-state index is 11.3. The highest BCUT2D eigenvalue weighted by molar-refractivity contribution is 7.99. The second-order valence-electron chi connectivity index (χ2n) is 3.86. The van der Waals surface area contributed by atoms with Crippen molar-refractivity contribution in [2.45, 2.75) is 9.79 Å². The number of fused-ring (bicyclic) bond motifs is 2. The minimum absolute atomic E-state index is 0.479. The predicted molar refractivity (Wildman–Crippen MR) is 72.9 cm³/mol. The van der Waals surface area contributed by atoms with E-state index in [2.05, 4.69) is 6.58 Å². The molecule has 0 amide bonds. The summed E-state index contributed by atoms with van der Waals surface area (Å²) in [5, 5.41) is 0. The summed E-state index contributed by atoms with van der Waals surface area (Å²) in [5.41, 5.74) is 0. The Morgan fingerprint density at radius 3 is 2.79 bits per heavy atom. The molecule has 4 heteroatoms. The number of hydrogen-bond acceptors (Lipinski definition) is 4. The van der Waals surface area contributed by atoms with Crippen molar-refractivity contribution in [3.05, 3.63) is 55.1 Å². The number of carbonyl (C=O) groups is 1. The lowest BCUT2D eigenvalue weighted by Gasteiger charge is -2.20. The lowest BCUT2D eigenvalue weighted by atomic mass is 10.3. The molecule has 19 heavy (non-hydrogen) atoms. The highest BCUT2D eigenvalue weighted by atomic mass is 32.2. The molecule has 0 N–H and O–H groups in total. The molecule has 3 nitrogen and oxygen atoms in total. The van der Waals surface area contributed by atoms with Crippen molar-refractivity contribution >= 4 is 17.7 Å². The number of carbonyl (C=O) groups excluding carboxylic acids is 1. The van der Waals surface area contributed by atoms with E-state index in [-0.39, 0.29) is 0 Å². The quantitative estimate of drug-likeness (QED) is 0.400. The van der Waals surface area contributed by atoms with Crippen LogP contribution in [0, 0.1) is 0 Å². The molecule has 1 aliphatic heterocycles. The van der Waals surface area contributed by atoms with E-state index in [1.807, 2.05) is 30.3 Å². The summed E-state index contributed by atoms with van der Waals surface area (Å²) in [6, 6.07) is 13.1. The van der Waals surface area contributed by atoms with E-state index in [0.29, 0.717) is 11.5 Å². The SMILES string of the molecule is C=CC(=O)Oc1cccc2c1Sc1ccccc1O2. The van der Waals surface area contributed by atoms with Crippen LogP contribution in [0.3, 0.4) is 0 Å². The number of esters is 1. The second kappa shape index (κ2) is 4.82. The van der Waals surface area contributed by atoms with Crippen LogP contribution in [0.4, 0.5) is 0 Å². The minimum atomic E-state index is -0.479. The highest BCUT2D eigenvalue weighted by Gasteiger charge is 2.21. The summed E-state index contributed by atoms with van der Waals surface area (Å²) < 4.78 is 11.0. The van der Waals surface area contributed by atoms with E-state index in [4.69, 9.17) is 9.47 Å². The Kier molecular flexibility index (Phi) is 3.01. The van der Waals surface area contributed by atoms with Gasteiger partial charge < -0.3 is 9.47 Å². The molecule has 1 heterocycles. The van der Waals surface area contributed by atoms with Crippen molar-refractivity contribution in [3.63, 3.8) is 0 Å². The molecule has 0 spiro atoms. The van der Waals surface area contributed by atoms with Crippen molar-refractivity contribution in [1.82, 2.24) is 0 Å². The normalized spacial score (nSPS) is 11.8. The average Bonchev–Trinajstić information content (AvgIpc) is 2.45. The summed E-state index contributed by atoms with van der Waals surface area (Å²) in [5.74, 6) is 1.51. The van der Waals surface area contributed by atoms with E-state index < -0.39 is 5.97 Å². The summed E-state index contributed by atoms with van der Waals surface area (Å²) in [7, 11) is 0. The molecule has 0 bridgehead atoms. The van der Waals surface area contributed by atoms with Gasteiger partial charge in [0.2, 0.25) is 0 Å². The van der Waals surface area contributed by atoms with E-state index in [1.54, 1.807) is 12.1 Å². The molecule has 0 unspecified atom stereocenters. The molecular formula is C15H10O3S. The minimum Gasteiger partial charge on any atom is -0.455 e. The molecule has 0 aromatic heterocycles. The standard InChI is InChI=1S/C15H10O3S/c1-2-14(16)18-12-8-5-7-11-15(12)19-13-9-4-3-6-10(13)17-11/h2-9H,1H2. The first-order valence-corrected chi connectivity index (χ1v) is 6.51. The van der Waals surface area contributed by atoms with Gasteiger partial charge in [0, 0.05) is 6.08 Å². The molecule has 2 aromatic rings. The average molecular weight is 270 g/mol. The third-order valence-corrected chi connectivity index (χ3v) is 3.76. The Balaban J connectivity index is 2.01. The van der Waals surface area contributed by atoms with Crippen LogP contribution in [0.2, 0.25) is 0 Å². The highest BCUT2D eigenvalue weighted by Crippen LogP contribution is 2.50. The van der Waals surface area contributed by atoms with Gasteiger partial charge >= 0.3 is 5.97 Å². The molecule has 0 aliphatic carbocycles. The van der Waals surface area contributed by atoms with Crippen molar-refractivity contribution in [2.75, 3.05) is 0 Å². The van der Waals surface area contributed by atoms with Gasteiger partial charge in [-0.2, -0.15) is 0 Å². The number of hydrogen-bond donors (Lipinski definition) is 0. The molecular weight excluding hydrogens is 260 g/mol. The Hall–Kier alpha value is -2.20. The molecule has 2 aromatic carbocycles. The maximum Gasteiger partial charge on any atom is 0.335 e. The zero-order valence-electron chi connectivity index (χ0n) is 9.96. The van der Waals surface area contributed by atoms with E-state index in [1.165, 1.54) is 11.8 Å². The van der Waals surface area contributed by atoms with Crippen LogP contribution in [0.5, 0.6) is 17.2 Å². The smallest absolute Gasteiger partial charge is 0.335 e. The van der Waals surface area contributed by atoms with Crippen LogP contribution in [0.15, 0.2) is 64.9 Å². The summed E-state index contributed by atoms with van der Waals surface area (Å²) in [6.45, 7) is 3.39. The largest absolute Gasteiger partial charge is 0.455 e. The van der Waals surface area contributed by atoms with Gasteiger partial charge in [-0.05, 0) is 24.3 Å². The van der Waals surface area contributed by atoms with Crippen LogP contribution in [-0.4, -0.2) is 5.97 Å². The number of benzene rings is 2. The second-order valence-corrected chi connectivity index (χ2v) is 4.91. The fraction of sp³-hybridized carbons (Fsp3) is 0. The first-order chi connectivity index (χ1) is 9.28. The number of rotatable bonds is 2. The van der Waals surface area contributed by atoms with Crippen molar-refractivity contribution in [3.8, 4) is 17.2 Å². The van der Waals surface area contributed by atoms with E-state index >= 15 is 0 Å². The summed E-state index contributed by atoms with van der Waals surface area (Å²) in [4.78, 5) is 13.1. The van der Waals surface area contributed by atoms with Gasteiger partial charge in [0.05, 0.1) is 9.79 Å². The summed E-state index contributed by atoms with van der Waals surface area (Å²) in [6.07, 6.45) is 1.14. The third-order valence-electron chi connectivity index (χ3n) is 2.60. The van der Waals surface area contributed by atoms with Gasteiger partial charge in [0.25, 0.3) is 0 Å². The topological polar surface area (TPSA) is 35.5 Å². The molecule has 3 rings (SSSR count). The Labute approximate surface area is 114 Å². The maximum atomic E-state index is 11.3. The fourth-order valence-electron chi connectivity index (χ4n) is 1.75. The lowest BCUT2D eigenvalue weighted by molar-refractivity contribution is -0.129. The van der Waals surface area contributed by atoms with Crippen LogP contribution in [-0.2, 0) is 4.79 Å². The van der Waals surface area contributed by atoms with Gasteiger partial charge in [-0.1, -0.05) is 36.5 Å². The molecule has 0 fully saturated rings. The molecule has 0 radical (unpaired) electrons. The van der Waals surface area contributed by atoms with Crippen LogP contribution < -0.4 is 9.47 Å². The van der Waals surface area contributed by atoms with Gasteiger partial charge in [-0.3, -0.25) is 0 Å². The Bertz CT molecular complexity index is 664. The van der Waals surface area contributed by atoms with E-state index in [0.717, 1.165) is 21.6 Å². The number of para-hydroxylation sites is 1. The van der Waals surface area contributed by atoms with Crippen LogP contribution in [0.25, 0.3) is 0 Å². The van der Waals surface area contributed by atoms with Crippen molar-refractivity contribution in [2.24, 2.45) is 0 Å². The molecule has 1 aliphatic rings. The van der Waals surface area contributed by atoms with Crippen molar-refractivity contribution < 1.29 is 14.3 Å². The monoisotopic (exact) mass is 270 g/mol. The first kappa shape index (κ1) is 11.9. The fourth-order valence-corrected chi connectivity index (χ4v) is 2.75. The van der Waals surface area contributed by atoms with Gasteiger partial charge in [-0.25, -0.2) is 4.79 Å². The Morgan fingerprint density at radius 1 is 1.16 bits per heavy atom. The number of ether oxygens (including phenoxy) is 2. The predicted octanol–water partition coefficient (Wildman–Crippen LogP) is 4.03. The van der Waals surface area contributed by atoms with Crippen LogP contribution in [0.1, 0.15) is 0 Å². The molecule has 0 atom stereocenters. The molecule has 94 valence electrons. The third kappa shape index (κ3) is 2.22. The van der Waals surface area contributed by atoms with Gasteiger partial charge in [-0.15, -0.1) is 0 Å². The Morgan fingerprint density at radius 2 is 1.95 bits per heavy atom. The molecule has 0 saturated heterocycles. The lowest BCUT2D eigenvalue weighted by Crippen LogP contribution is -2.05. The first-order valence-electron chi connectivity index (χ1n) is 5.70. The van der Waals surface area contributed by atoms with Gasteiger partial charge in [0.1, 0.15) is 17.2 Å². The van der Waals surface area contributed by atoms with Crippen LogP contribution >= 0.6 is 11.8 Å². The molecule has 0 saturated carbocycles. The zero-order chi connectivity index (χ0) is 13.2. The van der Waals surface area contributed by atoms with Gasteiger partial charge in [0.15, 0.2) is 0 Å².